The van der Waals surface area contributed by atoms with E-state index in [2.05, 4.69) is 39.7 Å². The molecule has 2 aromatic rings. The first kappa shape index (κ1) is 14.2. The van der Waals surface area contributed by atoms with E-state index < -0.39 is 0 Å². The van der Waals surface area contributed by atoms with Crippen LogP contribution in [0.3, 0.4) is 0 Å². The van der Waals surface area contributed by atoms with E-state index in [1.54, 1.807) is 11.3 Å². The zero-order valence-corrected chi connectivity index (χ0v) is 13.6. The number of nitrogens with zero attached hydrogens (tertiary/aromatic N) is 4. The normalized spacial score (nSPS) is 17.9. The van der Waals surface area contributed by atoms with Crippen LogP contribution in [0.2, 0.25) is 0 Å². The highest BCUT2D eigenvalue weighted by atomic mass is 35.5. The van der Waals surface area contributed by atoms with Crippen LogP contribution in [0.15, 0.2) is 11.6 Å². The van der Waals surface area contributed by atoms with E-state index in [0.29, 0.717) is 11.9 Å². The molecular formula is C14H21ClN4S. The maximum atomic E-state index is 6.15. The first-order valence-corrected chi connectivity index (χ1v) is 8.61. The molecule has 3 heterocycles. The van der Waals surface area contributed by atoms with E-state index in [0.717, 1.165) is 23.0 Å². The summed E-state index contributed by atoms with van der Waals surface area (Å²) in [6.07, 6.45) is 4.47. The van der Waals surface area contributed by atoms with Crippen LogP contribution < -0.4 is 4.90 Å². The summed E-state index contributed by atoms with van der Waals surface area (Å²) >= 11 is 7.81. The molecule has 0 spiro atoms. The lowest BCUT2D eigenvalue weighted by molar-refractivity contribution is 0.220. The molecule has 3 rings (SSSR count). The van der Waals surface area contributed by atoms with Crippen molar-refractivity contribution in [3.8, 4) is 0 Å². The molecule has 4 nitrogen and oxygen atoms in total. The van der Waals surface area contributed by atoms with Gasteiger partial charge in [-0.3, -0.25) is 4.40 Å². The van der Waals surface area contributed by atoms with Crippen LogP contribution in [0, 0.1) is 0 Å². The largest absolute Gasteiger partial charge is 0.355 e. The van der Waals surface area contributed by atoms with Gasteiger partial charge in [0.05, 0.1) is 11.6 Å². The number of imidazole rings is 1. The average molecular weight is 313 g/mol. The molecule has 0 N–H and O–H groups in total. The van der Waals surface area contributed by atoms with Crippen molar-refractivity contribution in [2.45, 2.75) is 31.7 Å². The van der Waals surface area contributed by atoms with E-state index in [-0.39, 0.29) is 0 Å². The van der Waals surface area contributed by atoms with Gasteiger partial charge in [0.25, 0.3) is 0 Å². The number of halogens is 1. The van der Waals surface area contributed by atoms with E-state index in [4.69, 9.17) is 16.6 Å². The molecule has 0 bridgehead atoms. The van der Waals surface area contributed by atoms with Gasteiger partial charge in [0, 0.05) is 37.8 Å². The number of rotatable bonds is 4. The summed E-state index contributed by atoms with van der Waals surface area (Å²) < 4.78 is 2.12. The Kier molecular flexibility index (Phi) is 4.19. The summed E-state index contributed by atoms with van der Waals surface area (Å²) in [6.45, 7) is 5.76. The van der Waals surface area contributed by atoms with E-state index in [9.17, 15) is 0 Å². The van der Waals surface area contributed by atoms with Gasteiger partial charge in [-0.1, -0.05) is 6.92 Å². The molecule has 0 unspecified atom stereocenters. The van der Waals surface area contributed by atoms with Gasteiger partial charge in [0.15, 0.2) is 10.8 Å². The Morgan fingerprint density at radius 1 is 1.45 bits per heavy atom. The second-order valence-corrected chi connectivity index (χ2v) is 6.49. The van der Waals surface area contributed by atoms with Crippen molar-refractivity contribution in [3.63, 3.8) is 0 Å². The summed E-state index contributed by atoms with van der Waals surface area (Å²) in [4.78, 5) is 10.7. The molecule has 6 heteroatoms. The quantitative estimate of drug-likeness (QED) is 0.811. The number of hydrogen-bond acceptors (Lipinski definition) is 4. The highest BCUT2D eigenvalue weighted by Gasteiger charge is 2.25. The third-order valence-corrected chi connectivity index (χ3v) is 5.36. The van der Waals surface area contributed by atoms with Crippen molar-refractivity contribution in [1.82, 2.24) is 14.3 Å². The second kappa shape index (κ2) is 5.92. The molecule has 2 aromatic heterocycles. The fourth-order valence-electron chi connectivity index (χ4n) is 3.02. The Labute approximate surface area is 129 Å². The number of aromatic nitrogens is 2. The van der Waals surface area contributed by atoms with Crippen molar-refractivity contribution in [2.75, 3.05) is 31.6 Å². The summed E-state index contributed by atoms with van der Waals surface area (Å²) in [5.41, 5.74) is 1.11. The zero-order chi connectivity index (χ0) is 14.1. The standard InChI is InChI=1S/C14H21ClN4S/c1-3-18-6-4-11(5-7-18)17(2)13-12(10-15)19-8-9-20-14(19)16-13/h8-9,11H,3-7,10H2,1-2H3. The Hall–Kier alpha value is -0.780. The first-order chi connectivity index (χ1) is 9.74. The van der Waals surface area contributed by atoms with Crippen molar-refractivity contribution < 1.29 is 0 Å². The average Bonchev–Trinajstić information content (AvgIpc) is 3.06. The topological polar surface area (TPSA) is 23.8 Å². The molecule has 1 saturated heterocycles. The van der Waals surface area contributed by atoms with Gasteiger partial charge in [-0.15, -0.1) is 22.9 Å². The Balaban J connectivity index is 1.81. The van der Waals surface area contributed by atoms with Crippen LogP contribution in [-0.4, -0.2) is 47.0 Å². The molecule has 20 heavy (non-hydrogen) atoms. The van der Waals surface area contributed by atoms with Crippen LogP contribution in [-0.2, 0) is 5.88 Å². The summed E-state index contributed by atoms with van der Waals surface area (Å²) in [5, 5.41) is 2.06. The Morgan fingerprint density at radius 3 is 2.85 bits per heavy atom. The number of fused-ring (bicyclic) bond motifs is 1. The van der Waals surface area contributed by atoms with Gasteiger partial charge >= 0.3 is 0 Å². The van der Waals surface area contributed by atoms with Gasteiger partial charge in [-0.25, -0.2) is 4.98 Å². The van der Waals surface area contributed by atoms with Gasteiger partial charge in [0.1, 0.15) is 0 Å². The first-order valence-electron chi connectivity index (χ1n) is 7.20. The van der Waals surface area contributed by atoms with E-state index in [1.807, 2.05) is 0 Å². The van der Waals surface area contributed by atoms with Crippen LogP contribution in [0.1, 0.15) is 25.5 Å². The van der Waals surface area contributed by atoms with Crippen LogP contribution in [0.25, 0.3) is 4.96 Å². The third-order valence-electron chi connectivity index (χ3n) is 4.35. The molecule has 110 valence electrons. The predicted octanol–water partition coefficient (Wildman–Crippen LogP) is 3.06. The van der Waals surface area contributed by atoms with Crippen molar-refractivity contribution in [3.05, 3.63) is 17.3 Å². The van der Waals surface area contributed by atoms with Gasteiger partial charge in [-0.2, -0.15) is 0 Å². The molecule has 0 saturated carbocycles. The molecular weight excluding hydrogens is 292 g/mol. The van der Waals surface area contributed by atoms with Crippen molar-refractivity contribution >= 4 is 33.7 Å². The third kappa shape index (κ3) is 2.43. The van der Waals surface area contributed by atoms with E-state index >= 15 is 0 Å². The minimum absolute atomic E-state index is 0.505. The van der Waals surface area contributed by atoms with Crippen LogP contribution in [0.4, 0.5) is 5.82 Å². The zero-order valence-electron chi connectivity index (χ0n) is 12.0. The number of likely N-dealkylation sites (tertiary alicyclic amines) is 1. The fourth-order valence-corrected chi connectivity index (χ4v) is 4.00. The molecule has 1 aliphatic rings. The summed E-state index contributed by atoms with van der Waals surface area (Å²) in [7, 11) is 2.16. The predicted molar refractivity (Wildman–Crippen MR) is 86.2 cm³/mol. The second-order valence-electron chi connectivity index (χ2n) is 5.35. The molecule has 0 radical (unpaired) electrons. The number of thiazole rings is 1. The van der Waals surface area contributed by atoms with Crippen LogP contribution >= 0.6 is 22.9 Å². The number of anilines is 1. The van der Waals surface area contributed by atoms with Gasteiger partial charge < -0.3 is 9.80 Å². The van der Waals surface area contributed by atoms with Gasteiger partial charge in [-0.05, 0) is 19.4 Å². The highest BCUT2D eigenvalue weighted by Crippen LogP contribution is 2.28. The van der Waals surface area contributed by atoms with E-state index in [1.165, 1.54) is 25.9 Å². The molecule has 0 atom stereocenters. The molecule has 0 aromatic carbocycles. The maximum Gasteiger partial charge on any atom is 0.195 e. The van der Waals surface area contributed by atoms with Crippen molar-refractivity contribution in [2.24, 2.45) is 0 Å². The SMILES string of the molecule is CCN1CCC(N(C)c2nc3sccn3c2CCl)CC1. The smallest absolute Gasteiger partial charge is 0.195 e. The monoisotopic (exact) mass is 312 g/mol. The van der Waals surface area contributed by atoms with Crippen LogP contribution in [0.5, 0.6) is 0 Å². The Bertz CT molecular complexity index is 571. The minimum Gasteiger partial charge on any atom is -0.355 e. The van der Waals surface area contributed by atoms with Gasteiger partial charge in [0.2, 0.25) is 0 Å². The maximum absolute atomic E-state index is 6.15. The highest BCUT2D eigenvalue weighted by molar-refractivity contribution is 7.15. The molecule has 1 aliphatic heterocycles. The number of piperidine rings is 1. The van der Waals surface area contributed by atoms with Crippen molar-refractivity contribution in [1.29, 1.82) is 0 Å². The molecule has 0 amide bonds. The number of hydrogen-bond donors (Lipinski definition) is 0. The lowest BCUT2D eigenvalue weighted by Crippen LogP contribution is -2.43. The summed E-state index contributed by atoms with van der Waals surface area (Å²) in [5.74, 6) is 1.56. The molecule has 1 fully saturated rings. The minimum atomic E-state index is 0.505. The number of alkyl halides is 1. The lowest BCUT2D eigenvalue weighted by atomic mass is 10.0. The fraction of sp³-hybridized carbons (Fsp3) is 0.643. The Morgan fingerprint density at radius 2 is 2.20 bits per heavy atom. The lowest BCUT2D eigenvalue weighted by Gasteiger charge is -2.36. The molecule has 0 aliphatic carbocycles. The summed E-state index contributed by atoms with van der Waals surface area (Å²) in [6, 6.07) is 0.573.